The minimum atomic E-state index is 0.126. The summed E-state index contributed by atoms with van der Waals surface area (Å²) in [7, 11) is 3.30. The van der Waals surface area contributed by atoms with Crippen molar-refractivity contribution in [2.24, 2.45) is 11.7 Å². The Morgan fingerprint density at radius 2 is 2.05 bits per heavy atom. The number of hydrogen-bond donors (Lipinski definition) is 1. The van der Waals surface area contributed by atoms with Crippen LogP contribution in [0.1, 0.15) is 25.3 Å². The molecular formula is C16H25NO3. The summed E-state index contributed by atoms with van der Waals surface area (Å²) in [6.45, 7) is 2.99. The summed E-state index contributed by atoms with van der Waals surface area (Å²) >= 11 is 0. The SMILES string of the molecule is CCC1OCCC1C(N)Cc1ccc(OC)c(OC)c1. The van der Waals surface area contributed by atoms with Crippen molar-refractivity contribution in [1.82, 2.24) is 0 Å². The fraction of sp³-hybridized carbons (Fsp3) is 0.625. The van der Waals surface area contributed by atoms with Gasteiger partial charge in [-0.2, -0.15) is 0 Å². The summed E-state index contributed by atoms with van der Waals surface area (Å²) in [4.78, 5) is 0. The van der Waals surface area contributed by atoms with Gasteiger partial charge in [-0.25, -0.2) is 0 Å². The Morgan fingerprint density at radius 3 is 2.70 bits per heavy atom. The summed E-state index contributed by atoms with van der Waals surface area (Å²) in [5, 5.41) is 0. The molecule has 2 rings (SSSR count). The van der Waals surface area contributed by atoms with Crippen LogP contribution in [0.4, 0.5) is 0 Å². The monoisotopic (exact) mass is 279 g/mol. The van der Waals surface area contributed by atoms with Crippen LogP contribution in [0.5, 0.6) is 11.5 Å². The van der Waals surface area contributed by atoms with Crippen LogP contribution in [-0.4, -0.2) is 33.0 Å². The van der Waals surface area contributed by atoms with Gasteiger partial charge in [-0.15, -0.1) is 0 Å². The normalized spacial score (nSPS) is 23.6. The third-order valence-electron chi connectivity index (χ3n) is 4.13. The van der Waals surface area contributed by atoms with E-state index < -0.39 is 0 Å². The van der Waals surface area contributed by atoms with Crippen molar-refractivity contribution in [2.75, 3.05) is 20.8 Å². The zero-order valence-electron chi connectivity index (χ0n) is 12.6. The molecular weight excluding hydrogens is 254 g/mol. The van der Waals surface area contributed by atoms with Gasteiger partial charge in [0.15, 0.2) is 11.5 Å². The Labute approximate surface area is 121 Å². The summed E-state index contributed by atoms with van der Waals surface area (Å²) in [6, 6.07) is 6.12. The molecule has 1 aromatic carbocycles. The summed E-state index contributed by atoms with van der Waals surface area (Å²) in [5.41, 5.74) is 7.56. The van der Waals surface area contributed by atoms with Gasteiger partial charge in [-0.1, -0.05) is 13.0 Å². The molecule has 0 bridgehead atoms. The van der Waals surface area contributed by atoms with Crippen molar-refractivity contribution in [2.45, 2.75) is 38.3 Å². The zero-order chi connectivity index (χ0) is 14.5. The first kappa shape index (κ1) is 15.1. The lowest BCUT2D eigenvalue weighted by atomic mass is 9.88. The highest BCUT2D eigenvalue weighted by Gasteiger charge is 2.31. The lowest BCUT2D eigenvalue weighted by molar-refractivity contribution is 0.0814. The summed E-state index contributed by atoms with van der Waals surface area (Å²) in [5.74, 6) is 1.96. The minimum Gasteiger partial charge on any atom is -0.493 e. The van der Waals surface area contributed by atoms with E-state index in [-0.39, 0.29) is 6.04 Å². The Kier molecular flexibility index (Phi) is 5.26. The topological polar surface area (TPSA) is 53.7 Å². The molecule has 112 valence electrons. The van der Waals surface area contributed by atoms with Gasteiger partial charge in [0.1, 0.15) is 0 Å². The lowest BCUT2D eigenvalue weighted by Crippen LogP contribution is -2.36. The van der Waals surface area contributed by atoms with Crippen molar-refractivity contribution in [3.63, 3.8) is 0 Å². The molecule has 1 aliphatic rings. The van der Waals surface area contributed by atoms with Crippen LogP contribution in [0, 0.1) is 5.92 Å². The van der Waals surface area contributed by atoms with E-state index in [9.17, 15) is 0 Å². The van der Waals surface area contributed by atoms with Gasteiger partial charge in [0, 0.05) is 18.6 Å². The molecule has 1 aromatic rings. The standard InChI is InChI=1S/C16H25NO3/c1-4-14-12(7-8-20-14)13(17)9-11-5-6-15(18-2)16(10-11)19-3/h5-6,10,12-14H,4,7-9,17H2,1-3H3. The van der Waals surface area contributed by atoms with Crippen molar-refractivity contribution < 1.29 is 14.2 Å². The van der Waals surface area contributed by atoms with Gasteiger partial charge >= 0.3 is 0 Å². The van der Waals surface area contributed by atoms with E-state index in [1.807, 2.05) is 12.1 Å². The fourth-order valence-electron chi connectivity index (χ4n) is 3.01. The Hall–Kier alpha value is -1.26. The van der Waals surface area contributed by atoms with Crippen molar-refractivity contribution in [3.8, 4) is 11.5 Å². The smallest absolute Gasteiger partial charge is 0.160 e. The Balaban J connectivity index is 2.05. The second kappa shape index (κ2) is 6.95. The van der Waals surface area contributed by atoms with Gasteiger partial charge in [0.25, 0.3) is 0 Å². The number of nitrogens with two attached hydrogens (primary N) is 1. The van der Waals surface area contributed by atoms with Crippen molar-refractivity contribution in [3.05, 3.63) is 23.8 Å². The lowest BCUT2D eigenvalue weighted by Gasteiger charge is -2.24. The van der Waals surface area contributed by atoms with Crippen LogP contribution >= 0.6 is 0 Å². The van der Waals surface area contributed by atoms with Crippen LogP contribution in [-0.2, 0) is 11.2 Å². The third kappa shape index (κ3) is 3.25. The molecule has 0 aliphatic carbocycles. The van der Waals surface area contributed by atoms with E-state index in [0.29, 0.717) is 12.0 Å². The Morgan fingerprint density at radius 1 is 1.30 bits per heavy atom. The first-order chi connectivity index (χ1) is 9.69. The first-order valence-electron chi connectivity index (χ1n) is 7.27. The molecule has 3 atom stereocenters. The molecule has 3 unspecified atom stereocenters. The van der Waals surface area contributed by atoms with E-state index in [2.05, 4.69) is 13.0 Å². The second-order valence-corrected chi connectivity index (χ2v) is 5.33. The maximum absolute atomic E-state index is 6.39. The number of ether oxygens (including phenoxy) is 3. The molecule has 4 heteroatoms. The van der Waals surface area contributed by atoms with E-state index in [0.717, 1.165) is 37.4 Å². The second-order valence-electron chi connectivity index (χ2n) is 5.33. The molecule has 1 aliphatic heterocycles. The maximum atomic E-state index is 6.39. The highest BCUT2D eigenvalue weighted by molar-refractivity contribution is 5.43. The van der Waals surface area contributed by atoms with E-state index in [4.69, 9.17) is 19.9 Å². The Bertz CT molecular complexity index is 436. The average molecular weight is 279 g/mol. The molecule has 1 heterocycles. The molecule has 0 spiro atoms. The predicted octanol–water partition coefficient (Wildman–Crippen LogP) is 2.39. The van der Waals surface area contributed by atoms with Gasteiger partial charge in [-0.05, 0) is 37.0 Å². The van der Waals surface area contributed by atoms with Crippen LogP contribution < -0.4 is 15.2 Å². The third-order valence-corrected chi connectivity index (χ3v) is 4.13. The van der Waals surface area contributed by atoms with Crippen molar-refractivity contribution >= 4 is 0 Å². The van der Waals surface area contributed by atoms with E-state index in [1.54, 1.807) is 14.2 Å². The van der Waals surface area contributed by atoms with Crippen LogP contribution in [0.25, 0.3) is 0 Å². The first-order valence-corrected chi connectivity index (χ1v) is 7.27. The number of hydrogen-bond acceptors (Lipinski definition) is 4. The van der Waals surface area contributed by atoms with Crippen molar-refractivity contribution in [1.29, 1.82) is 0 Å². The highest BCUT2D eigenvalue weighted by atomic mass is 16.5. The molecule has 0 amide bonds. The highest BCUT2D eigenvalue weighted by Crippen LogP contribution is 2.30. The molecule has 4 nitrogen and oxygen atoms in total. The summed E-state index contributed by atoms with van der Waals surface area (Å²) < 4.78 is 16.3. The van der Waals surface area contributed by atoms with Crippen LogP contribution in [0.15, 0.2) is 18.2 Å². The van der Waals surface area contributed by atoms with E-state index in [1.165, 1.54) is 5.56 Å². The van der Waals surface area contributed by atoms with E-state index >= 15 is 0 Å². The molecule has 1 saturated heterocycles. The number of benzene rings is 1. The van der Waals surface area contributed by atoms with Crippen LogP contribution in [0.3, 0.4) is 0 Å². The maximum Gasteiger partial charge on any atom is 0.160 e. The van der Waals surface area contributed by atoms with Gasteiger partial charge in [0.05, 0.1) is 20.3 Å². The molecule has 0 aromatic heterocycles. The largest absolute Gasteiger partial charge is 0.493 e. The van der Waals surface area contributed by atoms with Gasteiger partial charge in [-0.3, -0.25) is 0 Å². The number of rotatable bonds is 6. The average Bonchev–Trinajstić information content (AvgIpc) is 2.95. The minimum absolute atomic E-state index is 0.126. The molecule has 0 radical (unpaired) electrons. The zero-order valence-corrected chi connectivity index (χ0v) is 12.6. The molecule has 0 saturated carbocycles. The number of methoxy groups -OCH3 is 2. The van der Waals surface area contributed by atoms with Gasteiger partial charge < -0.3 is 19.9 Å². The quantitative estimate of drug-likeness (QED) is 0.868. The fourth-order valence-corrected chi connectivity index (χ4v) is 3.01. The van der Waals surface area contributed by atoms with Gasteiger partial charge in [0.2, 0.25) is 0 Å². The van der Waals surface area contributed by atoms with Crippen LogP contribution in [0.2, 0.25) is 0 Å². The summed E-state index contributed by atoms with van der Waals surface area (Å²) in [6.07, 6.45) is 3.24. The molecule has 20 heavy (non-hydrogen) atoms. The molecule has 2 N–H and O–H groups in total. The predicted molar refractivity (Wildman–Crippen MR) is 79.4 cm³/mol. The molecule has 1 fully saturated rings.